The minimum Gasteiger partial charge on any atom is -0.490 e. The smallest absolute Gasteiger partial charge is 0.126 e. The van der Waals surface area contributed by atoms with Crippen LogP contribution in [0.25, 0.3) is 0 Å². The molecule has 2 atom stereocenters. The molecule has 1 N–H and O–H groups in total. The van der Waals surface area contributed by atoms with Crippen molar-refractivity contribution in [3.63, 3.8) is 0 Å². The van der Waals surface area contributed by atoms with E-state index in [9.17, 15) is 9.50 Å². The molecular formula is C10H11FO2. The van der Waals surface area contributed by atoms with Gasteiger partial charge in [-0.3, -0.25) is 0 Å². The molecule has 0 unspecified atom stereocenters. The summed E-state index contributed by atoms with van der Waals surface area (Å²) in [6, 6.07) is 4.41. The van der Waals surface area contributed by atoms with Crippen LogP contribution in [-0.2, 0) is 0 Å². The van der Waals surface area contributed by atoms with E-state index >= 15 is 0 Å². The number of rotatable bonds is 0. The summed E-state index contributed by atoms with van der Waals surface area (Å²) in [5.74, 6) is 0.268. The van der Waals surface area contributed by atoms with Crippen LogP contribution in [0.1, 0.15) is 18.4 Å². The minimum atomic E-state index is -0.488. The Balaban J connectivity index is 2.44. The van der Waals surface area contributed by atoms with Crippen LogP contribution in [0.5, 0.6) is 5.75 Å². The third kappa shape index (κ3) is 1.40. The molecule has 70 valence electrons. The van der Waals surface area contributed by atoms with Crippen LogP contribution in [-0.4, -0.2) is 17.8 Å². The minimum absolute atomic E-state index is 0.0179. The van der Waals surface area contributed by atoms with Gasteiger partial charge in [-0.2, -0.15) is 0 Å². The van der Waals surface area contributed by atoms with E-state index in [4.69, 9.17) is 4.74 Å². The Kier molecular flexibility index (Phi) is 1.96. The Labute approximate surface area is 76.0 Å². The van der Waals surface area contributed by atoms with E-state index in [0.29, 0.717) is 5.75 Å². The van der Waals surface area contributed by atoms with Gasteiger partial charge in [-0.1, -0.05) is 13.0 Å². The van der Waals surface area contributed by atoms with Gasteiger partial charge in [0.15, 0.2) is 0 Å². The lowest BCUT2D eigenvalue weighted by Crippen LogP contribution is -2.28. The number of aliphatic hydroxyl groups is 1. The van der Waals surface area contributed by atoms with E-state index < -0.39 is 6.10 Å². The van der Waals surface area contributed by atoms with Gasteiger partial charge in [-0.25, -0.2) is 4.39 Å². The molecule has 0 aliphatic carbocycles. The molecular weight excluding hydrogens is 171 g/mol. The van der Waals surface area contributed by atoms with Gasteiger partial charge in [-0.15, -0.1) is 0 Å². The fourth-order valence-corrected chi connectivity index (χ4v) is 1.54. The molecule has 0 spiro atoms. The van der Waals surface area contributed by atoms with Gasteiger partial charge in [0, 0.05) is 12.0 Å². The van der Waals surface area contributed by atoms with E-state index in [0.717, 1.165) is 5.56 Å². The second-order valence-corrected chi connectivity index (χ2v) is 3.35. The maximum Gasteiger partial charge on any atom is 0.126 e. The Morgan fingerprint density at radius 1 is 1.54 bits per heavy atom. The molecule has 0 radical (unpaired) electrons. The van der Waals surface area contributed by atoms with Crippen molar-refractivity contribution in [2.75, 3.05) is 6.61 Å². The van der Waals surface area contributed by atoms with Gasteiger partial charge < -0.3 is 9.84 Å². The maximum absolute atomic E-state index is 12.8. The molecule has 2 nitrogen and oxygen atoms in total. The Bertz CT molecular complexity index is 325. The van der Waals surface area contributed by atoms with Crippen LogP contribution in [0, 0.1) is 5.82 Å². The van der Waals surface area contributed by atoms with E-state index in [1.807, 2.05) is 6.92 Å². The second-order valence-electron chi connectivity index (χ2n) is 3.35. The third-order valence-electron chi connectivity index (χ3n) is 2.45. The Morgan fingerprint density at radius 3 is 3.08 bits per heavy atom. The first-order chi connectivity index (χ1) is 6.18. The molecule has 1 aromatic carbocycles. The predicted octanol–water partition coefficient (Wildman–Crippen LogP) is 1.68. The number of ether oxygens (including phenoxy) is 1. The van der Waals surface area contributed by atoms with Gasteiger partial charge in [0.05, 0.1) is 6.10 Å². The SMILES string of the molecule is C[C@H]1c2ccc(F)cc2OC[C@H]1O. The molecule has 0 amide bonds. The highest BCUT2D eigenvalue weighted by Crippen LogP contribution is 2.33. The largest absolute Gasteiger partial charge is 0.490 e. The van der Waals surface area contributed by atoms with E-state index in [1.165, 1.54) is 12.1 Å². The number of fused-ring (bicyclic) bond motifs is 1. The summed E-state index contributed by atoms with van der Waals surface area (Å²) in [6.45, 7) is 2.15. The highest BCUT2D eigenvalue weighted by Gasteiger charge is 2.25. The summed E-state index contributed by atoms with van der Waals surface area (Å²) in [6.07, 6.45) is -0.488. The zero-order chi connectivity index (χ0) is 9.42. The molecule has 1 aromatic rings. The van der Waals surface area contributed by atoms with Crippen LogP contribution in [0.4, 0.5) is 4.39 Å². The van der Waals surface area contributed by atoms with Crippen molar-refractivity contribution in [1.82, 2.24) is 0 Å². The predicted molar refractivity (Wildman–Crippen MR) is 46.3 cm³/mol. The topological polar surface area (TPSA) is 29.5 Å². The average Bonchev–Trinajstić information content (AvgIpc) is 2.12. The molecule has 0 saturated carbocycles. The molecule has 3 heteroatoms. The Morgan fingerprint density at radius 2 is 2.31 bits per heavy atom. The molecule has 1 heterocycles. The van der Waals surface area contributed by atoms with Crippen molar-refractivity contribution in [2.45, 2.75) is 18.9 Å². The second kappa shape index (κ2) is 3.00. The quantitative estimate of drug-likeness (QED) is 0.661. The molecule has 1 aliphatic heterocycles. The molecule has 0 aromatic heterocycles. The van der Waals surface area contributed by atoms with Crippen molar-refractivity contribution in [1.29, 1.82) is 0 Å². The zero-order valence-corrected chi connectivity index (χ0v) is 7.33. The Hall–Kier alpha value is -1.09. The number of aliphatic hydroxyl groups excluding tert-OH is 1. The summed E-state index contributed by atoms with van der Waals surface area (Å²) in [4.78, 5) is 0. The standard InChI is InChI=1S/C10H11FO2/c1-6-8-3-2-7(11)4-10(8)13-5-9(6)12/h2-4,6,9,12H,5H2,1H3/t6-,9+/m0/s1. The van der Waals surface area contributed by atoms with Crippen LogP contribution >= 0.6 is 0 Å². The molecule has 0 bridgehead atoms. The average molecular weight is 182 g/mol. The van der Waals surface area contributed by atoms with Gasteiger partial charge in [0.25, 0.3) is 0 Å². The lowest BCUT2D eigenvalue weighted by Gasteiger charge is -2.27. The number of halogens is 1. The number of hydrogen-bond acceptors (Lipinski definition) is 2. The van der Waals surface area contributed by atoms with Crippen molar-refractivity contribution in [3.8, 4) is 5.75 Å². The molecule has 2 rings (SSSR count). The summed E-state index contributed by atoms with van der Waals surface area (Å²) >= 11 is 0. The van der Waals surface area contributed by atoms with Crippen molar-refractivity contribution in [3.05, 3.63) is 29.6 Å². The van der Waals surface area contributed by atoms with Crippen molar-refractivity contribution >= 4 is 0 Å². The monoisotopic (exact) mass is 182 g/mol. The van der Waals surface area contributed by atoms with Gasteiger partial charge >= 0.3 is 0 Å². The fourth-order valence-electron chi connectivity index (χ4n) is 1.54. The van der Waals surface area contributed by atoms with E-state index in [-0.39, 0.29) is 18.3 Å². The van der Waals surface area contributed by atoms with Crippen molar-refractivity contribution < 1.29 is 14.2 Å². The first-order valence-electron chi connectivity index (χ1n) is 4.29. The van der Waals surface area contributed by atoms with E-state index in [2.05, 4.69) is 0 Å². The van der Waals surface area contributed by atoms with Crippen LogP contribution in [0.3, 0.4) is 0 Å². The highest BCUT2D eigenvalue weighted by atomic mass is 19.1. The number of hydrogen-bond donors (Lipinski definition) is 1. The fraction of sp³-hybridized carbons (Fsp3) is 0.400. The molecule has 0 saturated heterocycles. The lowest BCUT2D eigenvalue weighted by molar-refractivity contribution is 0.0711. The first-order valence-corrected chi connectivity index (χ1v) is 4.29. The normalized spacial score (nSPS) is 26.4. The summed E-state index contributed by atoms with van der Waals surface area (Å²) in [7, 11) is 0. The molecule has 1 aliphatic rings. The molecule has 0 fully saturated rings. The molecule has 13 heavy (non-hydrogen) atoms. The lowest BCUT2D eigenvalue weighted by atomic mass is 9.93. The van der Waals surface area contributed by atoms with Crippen LogP contribution in [0.15, 0.2) is 18.2 Å². The van der Waals surface area contributed by atoms with E-state index in [1.54, 1.807) is 6.07 Å². The first kappa shape index (κ1) is 8.51. The third-order valence-corrected chi connectivity index (χ3v) is 2.45. The van der Waals surface area contributed by atoms with Gasteiger partial charge in [-0.05, 0) is 11.6 Å². The van der Waals surface area contributed by atoms with Gasteiger partial charge in [0.1, 0.15) is 18.2 Å². The van der Waals surface area contributed by atoms with Gasteiger partial charge in [0.2, 0.25) is 0 Å². The zero-order valence-electron chi connectivity index (χ0n) is 7.33. The van der Waals surface area contributed by atoms with Crippen LogP contribution in [0.2, 0.25) is 0 Å². The summed E-state index contributed by atoms with van der Waals surface area (Å²) < 4.78 is 18.0. The van der Waals surface area contributed by atoms with Crippen LogP contribution < -0.4 is 4.74 Å². The highest BCUT2D eigenvalue weighted by molar-refractivity contribution is 5.38. The summed E-state index contributed by atoms with van der Waals surface area (Å²) in [5.41, 5.74) is 0.875. The van der Waals surface area contributed by atoms with Crippen molar-refractivity contribution in [2.24, 2.45) is 0 Å². The summed E-state index contributed by atoms with van der Waals surface area (Å²) in [5, 5.41) is 9.48. The maximum atomic E-state index is 12.8. The number of benzene rings is 1.